The molecule has 0 aliphatic rings. The van der Waals surface area contributed by atoms with E-state index in [1.165, 1.54) is 5.56 Å². The first-order chi connectivity index (χ1) is 13.3. The molecule has 1 aromatic heterocycles. The summed E-state index contributed by atoms with van der Waals surface area (Å²) in [4.78, 5) is 8.88. The number of benzene rings is 1. The number of aliphatic imine (C=N–C) groups is 1. The Morgan fingerprint density at radius 1 is 1.21 bits per heavy atom. The molecule has 0 amide bonds. The molecule has 0 atom stereocenters. The van der Waals surface area contributed by atoms with E-state index in [0.29, 0.717) is 31.5 Å². The van der Waals surface area contributed by atoms with Crippen LogP contribution in [0.3, 0.4) is 0 Å². The second-order valence-electron chi connectivity index (χ2n) is 8.03. The van der Waals surface area contributed by atoms with Crippen molar-refractivity contribution in [1.82, 2.24) is 15.6 Å². The predicted octanol–water partition coefficient (Wildman–Crippen LogP) is 4.85. The lowest BCUT2D eigenvalue weighted by atomic mass is 9.94. The van der Waals surface area contributed by atoms with E-state index < -0.39 is 0 Å². The van der Waals surface area contributed by atoms with Gasteiger partial charge in [-0.05, 0) is 24.5 Å². The molecule has 2 N–H and O–H groups in total. The fourth-order valence-electron chi connectivity index (χ4n) is 2.64. The van der Waals surface area contributed by atoms with Gasteiger partial charge in [-0.2, -0.15) is 0 Å². The van der Waals surface area contributed by atoms with Crippen molar-refractivity contribution in [1.29, 1.82) is 0 Å². The van der Waals surface area contributed by atoms with E-state index in [4.69, 9.17) is 9.15 Å². The van der Waals surface area contributed by atoms with E-state index in [-0.39, 0.29) is 29.4 Å². The van der Waals surface area contributed by atoms with Gasteiger partial charge in [0.25, 0.3) is 0 Å². The number of ether oxygens (including phenoxy) is 1. The summed E-state index contributed by atoms with van der Waals surface area (Å²) in [7, 11) is 0. The van der Waals surface area contributed by atoms with Crippen molar-refractivity contribution in [3.05, 3.63) is 47.7 Å². The lowest BCUT2D eigenvalue weighted by Crippen LogP contribution is -2.39. The van der Waals surface area contributed by atoms with Crippen LogP contribution in [0.2, 0.25) is 0 Å². The van der Waals surface area contributed by atoms with Crippen molar-refractivity contribution in [3.8, 4) is 5.75 Å². The SMILES string of the molecule is CCNC(=NCc1ncc(C(C)(C)C)o1)NCCOc1ccccc1C(C)C.I. The third-order valence-electron chi connectivity index (χ3n) is 4.20. The molecule has 0 bridgehead atoms. The Kier molecular flexibility index (Phi) is 10.5. The molecule has 0 fully saturated rings. The molecule has 162 valence electrons. The van der Waals surface area contributed by atoms with Crippen molar-refractivity contribution in [3.63, 3.8) is 0 Å². The highest BCUT2D eigenvalue weighted by atomic mass is 127. The monoisotopic (exact) mass is 514 g/mol. The largest absolute Gasteiger partial charge is 0.491 e. The van der Waals surface area contributed by atoms with Gasteiger partial charge in [0.15, 0.2) is 5.96 Å². The molecule has 0 spiro atoms. The smallest absolute Gasteiger partial charge is 0.216 e. The molecule has 0 unspecified atom stereocenters. The van der Waals surface area contributed by atoms with Gasteiger partial charge in [0.2, 0.25) is 5.89 Å². The summed E-state index contributed by atoms with van der Waals surface area (Å²) in [5.74, 6) is 3.58. The van der Waals surface area contributed by atoms with Crippen molar-refractivity contribution in [2.75, 3.05) is 19.7 Å². The van der Waals surface area contributed by atoms with Gasteiger partial charge in [0.1, 0.15) is 24.7 Å². The Bertz CT molecular complexity index is 766. The highest BCUT2D eigenvalue weighted by Gasteiger charge is 2.19. The van der Waals surface area contributed by atoms with Crippen LogP contribution in [0.1, 0.15) is 64.7 Å². The van der Waals surface area contributed by atoms with E-state index in [1.54, 1.807) is 6.20 Å². The van der Waals surface area contributed by atoms with E-state index in [9.17, 15) is 0 Å². The molecule has 0 aliphatic heterocycles. The van der Waals surface area contributed by atoms with Gasteiger partial charge in [-0.1, -0.05) is 52.8 Å². The molecule has 0 saturated carbocycles. The number of aromatic nitrogens is 1. The fourth-order valence-corrected chi connectivity index (χ4v) is 2.64. The Labute approximate surface area is 191 Å². The zero-order valence-corrected chi connectivity index (χ0v) is 20.7. The quantitative estimate of drug-likeness (QED) is 0.228. The minimum absolute atomic E-state index is 0. The Hall–Kier alpha value is -1.77. The highest BCUT2D eigenvalue weighted by Crippen LogP contribution is 2.25. The highest BCUT2D eigenvalue weighted by molar-refractivity contribution is 14.0. The van der Waals surface area contributed by atoms with Crippen LogP contribution in [0.4, 0.5) is 0 Å². The summed E-state index contributed by atoms with van der Waals surface area (Å²) in [6, 6.07) is 8.18. The molecule has 1 aromatic carbocycles. The van der Waals surface area contributed by atoms with Crippen LogP contribution in [-0.2, 0) is 12.0 Å². The molecule has 0 radical (unpaired) electrons. The van der Waals surface area contributed by atoms with Gasteiger partial charge in [-0.15, -0.1) is 24.0 Å². The lowest BCUT2D eigenvalue weighted by molar-refractivity contribution is 0.317. The van der Waals surface area contributed by atoms with Gasteiger partial charge < -0.3 is 19.8 Å². The predicted molar refractivity (Wildman–Crippen MR) is 129 cm³/mol. The van der Waals surface area contributed by atoms with Crippen LogP contribution in [0.5, 0.6) is 5.75 Å². The van der Waals surface area contributed by atoms with Gasteiger partial charge in [-0.25, -0.2) is 9.98 Å². The molecule has 0 aliphatic carbocycles. The number of nitrogens with zero attached hydrogens (tertiary/aromatic N) is 2. The maximum absolute atomic E-state index is 5.95. The summed E-state index contributed by atoms with van der Waals surface area (Å²) in [5, 5.41) is 6.52. The maximum atomic E-state index is 5.95. The molecule has 0 saturated heterocycles. The Balaban J connectivity index is 0.00000420. The van der Waals surface area contributed by atoms with Gasteiger partial charge in [0.05, 0.1) is 12.7 Å². The van der Waals surface area contributed by atoms with Gasteiger partial charge >= 0.3 is 0 Å². The number of para-hydroxylation sites is 1. The lowest BCUT2D eigenvalue weighted by Gasteiger charge is -2.15. The molecule has 6 nitrogen and oxygen atoms in total. The van der Waals surface area contributed by atoms with E-state index >= 15 is 0 Å². The van der Waals surface area contributed by atoms with Gasteiger partial charge in [-0.3, -0.25) is 0 Å². The zero-order chi connectivity index (χ0) is 20.6. The van der Waals surface area contributed by atoms with Crippen LogP contribution in [0, 0.1) is 0 Å². The first-order valence-corrected chi connectivity index (χ1v) is 10.00. The summed E-state index contributed by atoms with van der Waals surface area (Å²) in [6.45, 7) is 15.1. The van der Waals surface area contributed by atoms with Crippen molar-refractivity contribution < 1.29 is 9.15 Å². The third kappa shape index (κ3) is 8.24. The van der Waals surface area contributed by atoms with Crippen LogP contribution in [0.15, 0.2) is 39.9 Å². The first kappa shape index (κ1) is 25.3. The molecule has 2 aromatic rings. The number of rotatable bonds is 8. The average molecular weight is 514 g/mol. The molecular weight excluding hydrogens is 479 g/mol. The summed E-state index contributed by atoms with van der Waals surface area (Å²) < 4.78 is 11.8. The molecular formula is C22H35IN4O2. The van der Waals surface area contributed by atoms with Crippen LogP contribution in [0.25, 0.3) is 0 Å². The van der Waals surface area contributed by atoms with Gasteiger partial charge in [0, 0.05) is 12.0 Å². The number of nitrogens with one attached hydrogen (secondary N) is 2. The number of halogens is 1. The zero-order valence-electron chi connectivity index (χ0n) is 18.4. The fraction of sp³-hybridized carbons (Fsp3) is 0.545. The molecule has 2 rings (SSSR count). The first-order valence-electron chi connectivity index (χ1n) is 10.00. The molecule has 1 heterocycles. The van der Waals surface area contributed by atoms with Crippen molar-refractivity contribution in [2.45, 2.75) is 59.4 Å². The number of hydrogen-bond acceptors (Lipinski definition) is 4. The Morgan fingerprint density at radius 2 is 1.93 bits per heavy atom. The second kappa shape index (κ2) is 12.0. The summed E-state index contributed by atoms with van der Waals surface area (Å²) in [6.07, 6.45) is 1.78. The standard InChI is InChI=1S/C22H34N4O2.HI/c1-7-23-21(26-15-20-25-14-19(28-20)22(4,5)6)24-12-13-27-18-11-9-8-10-17(18)16(2)3;/h8-11,14,16H,7,12-13,15H2,1-6H3,(H2,23,24,26);1H. The summed E-state index contributed by atoms with van der Waals surface area (Å²) in [5.41, 5.74) is 1.17. The summed E-state index contributed by atoms with van der Waals surface area (Å²) >= 11 is 0. The number of oxazole rings is 1. The Morgan fingerprint density at radius 3 is 2.55 bits per heavy atom. The average Bonchev–Trinajstić information content (AvgIpc) is 3.13. The van der Waals surface area contributed by atoms with Crippen molar-refractivity contribution >= 4 is 29.9 Å². The van der Waals surface area contributed by atoms with Crippen LogP contribution >= 0.6 is 24.0 Å². The number of guanidine groups is 1. The minimum Gasteiger partial charge on any atom is -0.491 e. The molecule has 7 heteroatoms. The van der Waals surface area contributed by atoms with E-state index in [0.717, 1.165) is 24.0 Å². The van der Waals surface area contributed by atoms with Crippen molar-refractivity contribution in [2.24, 2.45) is 4.99 Å². The number of hydrogen-bond donors (Lipinski definition) is 2. The normalized spacial score (nSPS) is 11.9. The molecule has 29 heavy (non-hydrogen) atoms. The van der Waals surface area contributed by atoms with E-state index in [2.05, 4.69) is 61.3 Å². The second-order valence-corrected chi connectivity index (χ2v) is 8.03. The van der Waals surface area contributed by atoms with E-state index in [1.807, 2.05) is 25.1 Å². The third-order valence-corrected chi connectivity index (χ3v) is 4.20. The topological polar surface area (TPSA) is 71.7 Å². The minimum atomic E-state index is -0.0542. The van der Waals surface area contributed by atoms with Crippen LogP contribution < -0.4 is 15.4 Å². The van der Waals surface area contributed by atoms with Crippen LogP contribution in [-0.4, -0.2) is 30.6 Å². The maximum Gasteiger partial charge on any atom is 0.216 e.